The number of carbonyl (C=O) groups excluding carboxylic acids is 3. The molecule has 3 amide bonds. The highest BCUT2D eigenvalue weighted by Crippen LogP contribution is 2.20. The Morgan fingerprint density at radius 1 is 1.17 bits per heavy atom. The second-order valence-electron chi connectivity index (χ2n) is 7.33. The fourth-order valence-electron chi connectivity index (χ4n) is 3.46. The van der Waals surface area contributed by atoms with Crippen molar-refractivity contribution in [3.63, 3.8) is 0 Å². The Kier molecular flexibility index (Phi) is 7.10. The summed E-state index contributed by atoms with van der Waals surface area (Å²) in [7, 11) is 0. The summed E-state index contributed by atoms with van der Waals surface area (Å²) in [6, 6.07) is 4.45. The van der Waals surface area contributed by atoms with Gasteiger partial charge < -0.3 is 10.6 Å². The van der Waals surface area contributed by atoms with Crippen LogP contribution in [-0.4, -0.2) is 45.8 Å². The predicted octanol–water partition coefficient (Wildman–Crippen LogP) is 0.878. The first-order valence-corrected chi connectivity index (χ1v) is 10.2. The molecular weight excluding hydrogens is 388 g/mol. The average Bonchev–Trinajstić information content (AvgIpc) is 2.70. The molecule has 0 bridgehead atoms. The van der Waals surface area contributed by atoms with Gasteiger partial charge in [-0.25, -0.2) is 0 Å². The van der Waals surface area contributed by atoms with Gasteiger partial charge in [0, 0.05) is 32.1 Å². The van der Waals surface area contributed by atoms with Gasteiger partial charge in [-0.05, 0) is 31.4 Å². The van der Waals surface area contributed by atoms with Gasteiger partial charge in [-0.2, -0.15) is 4.68 Å². The van der Waals surface area contributed by atoms with E-state index in [9.17, 15) is 19.2 Å². The lowest BCUT2D eigenvalue weighted by molar-refractivity contribution is -0.136. The van der Waals surface area contributed by atoms with Crippen molar-refractivity contribution in [2.24, 2.45) is 0 Å². The molecule has 2 heterocycles. The average molecular weight is 414 g/mol. The van der Waals surface area contributed by atoms with Gasteiger partial charge in [0.1, 0.15) is 11.6 Å². The Morgan fingerprint density at radius 2 is 1.93 bits per heavy atom. The molecule has 1 atom stereocenters. The Balaban J connectivity index is 1.65. The van der Waals surface area contributed by atoms with Crippen LogP contribution in [0.5, 0.6) is 0 Å². The number of unbranched alkanes of at least 4 members (excludes halogenated alkanes) is 3. The lowest BCUT2D eigenvalue weighted by Crippen LogP contribution is -2.45. The predicted molar refractivity (Wildman–Crippen MR) is 111 cm³/mol. The van der Waals surface area contributed by atoms with Crippen molar-refractivity contribution >= 4 is 34.3 Å². The normalized spacial score (nSPS) is 16.4. The van der Waals surface area contributed by atoms with Crippen molar-refractivity contribution in [2.75, 3.05) is 18.4 Å². The van der Waals surface area contributed by atoms with E-state index in [1.54, 1.807) is 18.2 Å². The van der Waals surface area contributed by atoms with Gasteiger partial charge in [0.15, 0.2) is 0 Å². The molecule has 30 heavy (non-hydrogen) atoms. The number of benzene rings is 1. The van der Waals surface area contributed by atoms with Crippen LogP contribution in [0.25, 0.3) is 10.9 Å². The van der Waals surface area contributed by atoms with Crippen LogP contribution in [0.15, 0.2) is 23.0 Å². The lowest BCUT2D eigenvalue weighted by Gasteiger charge is -2.21. The zero-order valence-electron chi connectivity index (χ0n) is 16.9. The second-order valence-corrected chi connectivity index (χ2v) is 7.33. The minimum atomic E-state index is -0.844. The van der Waals surface area contributed by atoms with Crippen molar-refractivity contribution in [1.82, 2.24) is 25.6 Å². The highest BCUT2D eigenvalue weighted by Gasteiger charge is 2.30. The van der Waals surface area contributed by atoms with Gasteiger partial charge in [0.2, 0.25) is 11.8 Å². The summed E-state index contributed by atoms with van der Waals surface area (Å²) in [4.78, 5) is 47.4. The van der Waals surface area contributed by atoms with E-state index in [-0.39, 0.29) is 24.7 Å². The van der Waals surface area contributed by atoms with Crippen LogP contribution in [0.1, 0.15) is 51.5 Å². The summed E-state index contributed by atoms with van der Waals surface area (Å²) in [6.07, 6.45) is 4.22. The minimum Gasteiger partial charge on any atom is -0.384 e. The van der Waals surface area contributed by atoms with Crippen LogP contribution < -0.4 is 21.5 Å². The van der Waals surface area contributed by atoms with Gasteiger partial charge in [-0.3, -0.25) is 24.5 Å². The largest absolute Gasteiger partial charge is 0.384 e. The first-order chi connectivity index (χ1) is 14.5. The number of imide groups is 1. The first kappa shape index (κ1) is 21.4. The Morgan fingerprint density at radius 3 is 2.67 bits per heavy atom. The number of piperidine rings is 1. The van der Waals surface area contributed by atoms with E-state index >= 15 is 0 Å². The smallest absolute Gasteiger partial charge is 0.280 e. The highest BCUT2D eigenvalue weighted by atomic mass is 16.2. The highest BCUT2D eigenvalue weighted by molar-refractivity contribution is 5.99. The zero-order valence-corrected chi connectivity index (χ0v) is 16.9. The van der Waals surface area contributed by atoms with E-state index in [1.807, 2.05) is 0 Å². The fraction of sp³-hybridized carbons (Fsp3) is 0.500. The van der Waals surface area contributed by atoms with Gasteiger partial charge in [0.25, 0.3) is 11.5 Å². The Labute approximate surface area is 173 Å². The number of hydrogen-bond acceptors (Lipinski definition) is 7. The Hall–Kier alpha value is -3.30. The van der Waals surface area contributed by atoms with Crippen LogP contribution in [0.4, 0.5) is 5.69 Å². The van der Waals surface area contributed by atoms with E-state index in [2.05, 4.69) is 26.3 Å². The van der Waals surface area contributed by atoms with Gasteiger partial charge >= 0.3 is 0 Å². The second kappa shape index (κ2) is 9.95. The van der Waals surface area contributed by atoms with E-state index in [0.29, 0.717) is 29.7 Å². The summed E-state index contributed by atoms with van der Waals surface area (Å²) >= 11 is 0. The summed E-state index contributed by atoms with van der Waals surface area (Å²) in [5.41, 5.74) is 0.684. The minimum absolute atomic E-state index is 0.0151. The number of fused-ring (bicyclic) bond motifs is 1. The molecule has 2 aromatic rings. The molecule has 1 fully saturated rings. The maximum absolute atomic E-state index is 13.1. The van der Waals surface area contributed by atoms with Crippen LogP contribution in [-0.2, 0) is 14.4 Å². The topological polar surface area (TPSA) is 135 Å². The molecule has 0 aliphatic carbocycles. The molecule has 3 N–H and O–H groups in total. The monoisotopic (exact) mass is 414 g/mol. The number of carbonyl (C=O) groups is 3. The van der Waals surface area contributed by atoms with Crippen LogP contribution in [0.3, 0.4) is 0 Å². The summed E-state index contributed by atoms with van der Waals surface area (Å²) in [5.74, 6) is -0.900. The van der Waals surface area contributed by atoms with Crippen molar-refractivity contribution in [3.05, 3.63) is 28.6 Å². The molecule has 1 unspecified atom stereocenters. The molecule has 1 aliphatic heterocycles. The van der Waals surface area contributed by atoms with Crippen LogP contribution >= 0.6 is 0 Å². The van der Waals surface area contributed by atoms with Crippen molar-refractivity contribution < 1.29 is 14.4 Å². The standard InChI is InChI=1S/C20H26N6O4/c1-13(27)21-11-4-2-3-5-12-22-14-7-6-8-15-18(14)20(30)26(25-24-15)16-9-10-17(28)23-19(16)29/h6-8,16,22H,2-5,9-12H2,1H3,(H,21,27)(H,23,28,29). The molecule has 10 heteroatoms. The SMILES string of the molecule is CC(=O)NCCCCCCNc1cccc2nnn(C3CCC(=O)NC3=O)c(=O)c12. The van der Waals surface area contributed by atoms with Crippen molar-refractivity contribution in [3.8, 4) is 0 Å². The number of nitrogens with one attached hydrogen (secondary N) is 3. The molecule has 3 rings (SSSR count). The van der Waals surface area contributed by atoms with Gasteiger partial charge in [-0.1, -0.05) is 24.1 Å². The van der Waals surface area contributed by atoms with Crippen molar-refractivity contribution in [2.45, 2.75) is 51.5 Å². The summed E-state index contributed by atoms with van der Waals surface area (Å²) < 4.78 is 1.07. The molecule has 0 spiro atoms. The fourth-order valence-corrected chi connectivity index (χ4v) is 3.46. The third kappa shape index (κ3) is 5.19. The molecule has 1 saturated heterocycles. The molecule has 0 saturated carbocycles. The third-order valence-corrected chi connectivity index (χ3v) is 5.01. The van der Waals surface area contributed by atoms with Crippen LogP contribution in [0, 0.1) is 0 Å². The molecule has 1 aromatic heterocycles. The Bertz CT molecular complexity index is 1000. The van der Waals surface area contributed by atoms with E-state index in [1.165, 1.54) is 6.92 Å². The lowest BCUT2D eigenvalue weighted by atomic mass is 10.1. The van der Waals surface area contributed by atoms with Crippen LogP contribution in [0.2, 0.25) is 0 Å². The maximum atomic E-state index is 13.1. The number of aromatic nitrogens is 3. The number of nitrogens with zero attached hydrogens (tertiary/aromatic N) is 3. The molecular formula is C20H26N6O4. The molecule has 1 aliphatic rings. The van der Waals surface area contributed by atoms with Crippen molar-refractivity contribution in [1.29, 1.82) is 0 Å². The maximum Gasteiger partial charge on any atom is 0.280 e. The van der Waals surface area contributed by atoms with E-state index in [0.717, 1.165) is 30.4 Å². The number of amides is 3. The summed E-state index contributed by atoms with van der Waals surface area (Å²) in [5, 5.41) is 16.7. The third-order valence-electron chi connectivity index (χ3n) is 5.01. The van der Waals surface area contributed by atoms with E-state index in [4.69, 9.17) is 0 Å². The molecule has 0 radical (unpaired) electrons. The van der Waals surface area contributed by atoms with Gasteiger partial charge in [-0.15, -0.1) is 5.10 Å². The summed E-state index contributed by atoms with van der Waals surface area (Å²) in [6.45, 7) is 2.87. The quantitative estimate of drug-likeness (QED) is 0.409. The zero-order chi connectivity index (χ0) is 21.5. The van der Waals surface area contributed by atoms with E-state index < -0.39 is 17.5 Å². The van der Waals surface area contributed by atoms with Gasteiger partial charge in [0.05, 0.1) is 5.39 Å². The molecule has 10 nitrogen and oxygen atoms in total. The first-order valence-electron chi connectivity index (χ1n) is 10.2. The number of hydrogen-bond donors (Lipinski definition) is 3. The molecule has 1 aromatic carbocycles. The number of rotatable bonds is 9. The molecule has 160 valence electrons. The number of anilines is 1.